The fourth-order valence-corrected chi connectivity index (χ4v) is 2.50. The Morgan fingerprint density at radius 1 is 1.44 bits per heavy atom. The lowest BCUT2D eigenvalue weighted by atomic mass is 9.93. The second kappa shape index (κ2) is 8.04. The number of ether oxygens (including phenoxy) is 1. The first-order chi connectivity index (χ1) is 7.77. The fourth-order valence-electron chi connectivity index (χ4n) is 2.50. The van der Waals surface area contributed by atoms with Gasteiger partial charge in [0.2, 0.25) is 0 Å². The lowest BCUT2D eigenvalue weighted by Gasteiger charge is -2.37. The minimum Gasteiger partial charge on any atom is -0.385 e. The summed E-state index contributed by atoms with van der Waals surface area (Å²) in [6.45, 7) is 10.3. The molecule has 2 atom stereocenters. The zero-order valence-electron chi connectivity index (χ0n) is 11.2. The van der Waals surface area contributed by atoms with Crippen molar-refractivity contribution in [1.29, 1.82) is 0 Å². The molecule has 3 nitrogen and oxygen atoms in total. The van der Waals surface area contributed by atoms with E-state index >= 15 is 0 Å². The Morgan fingerprint density at radius 3 is 2.88 bits per heavy atom. The van der Waals surface area contributed by atoms with Crippen LogP contribution >= 0.6 is 0 Å². The molecule has 2 unspecified atom stereocenters. The van der Waals surface area contributed by atoms with E-state index in [4.69, 9.17) is 4.74 Å². The van der Waals surface area contributed by atoms with Gasteiger partial charge in [-0.2, -0.15) is 0 Å². The average molecular weight is 228 g/mol. The molecule has 1 aliphatic rings. The van der Waals surface area contributed by atoms with Crippen LogP contribution in [0.25, 0.3) is 0 Å². The van der Waals surface area contributed by atoms with Crippen molar-refractivity contribution in [1.82, 2.24) is 10.2 Å². The summed E-state index contributed by atoms with van der Waals surface area (Å²) in [6, 6.07) is 0.735. The van der Waals surface area contributed by atoms with Crippen molar-refractivity contribution in [3.63, 3.8) is 0 Å². The zero-order chi connectivity index (χ0) is 11.8. The number of rotatable bonds is 7. The lowest BCUT2D eigenvalue weighted by molar-refractivity contribution is 0.126. The molecule has 0 aliphatic carbocycles. The van der Waals surface area contributed by atoms with E-state index in [9.17, 15) is 0 Å². The number of hydrogen-bond acceptors (Lipinski definition) is 3. The van der Waals surface area contributed by atoms with Crippen LogP contribution < -0.4 is 5.32 Å². The summed E-state index contributed by atoms with van der Waals surface area (Å²) >= 11 is 0. The number of likely N-dealkylation sites (tertiary alicyclic amines) is 1. The van der Waals surface area contributed by atoms with E-state index in [1.54, 1.807) is 7.11 Å². The summed E-state index contributed by atoms with van der Waals surface area (Å²) < 4.78 is 5.09. The third kappa shape index (κ3) is 4.81. The molecule has 0 aromatic rings. The van der Waals surface area contributed by atoms with Crippen molar-refractivity contribution in [3.8, 4) is 0 Å². The molecule has 1 fully saturated rings. The van der Waals surface area contributed by atoms with E-state index in [-0.39, 0.29) is 0 Å². The largest absolute Gasteiger partial charge is 0.385 e. The molecule has 1 heterocycles. The zero-order valence-corrected chi connectivity index (χ0v) is 11.2. The smallest absolute Gasteiger partial charge is 0.0474 e. The predicted octanol–water partition coefficient (Wildman–Crippen LogP) is 1.73. The van der Waals surface area contributed by atoms with Crippen LogP contribution in [0.15, 0.2) is 0 Å². The monoisotopic (exact) mass is 228 g/mol. The molecule has 0 saturated carbocycles. The lowest BCUT2D eigenvalue weighted by Crippen LogP contribution is -2.48. The molecular formula is C13H28N2O. The Hall–Kier alpha value is -0.120. The van der Waals surface area contributed by atoms with Gasteiger partial charge in [-0.15, -0.1) is 0 Å². The third-order valence-corrected chi connectivity index (χ3v) is 3.47. The van der Waals surface area contributed by atoms with E-state index in [2.05, 4.69) is 24.1 Å². The molecule has 1 saturated heterocycles. The van der Waals surface area contributed by atoms with Crippen LogP contribution in [0.5, 0.6) is 0 Å². The number of nitrogens with zero attached hydrogens (tertiary/aromatic N) is 1. The molecule has 1 N–H and O–H groups in total. The van der Waals surface area contributed by atoms with Crippen molar-refractivity contribution >= 4 is 0 Å². The third-order valence-electron chi connectivity index (χ3n) is 3.47. The van der Waals surface area contributed by atoms with Gasteiger partial charge in [-0.3, -0.25) is 0 Å². The maximum atomic E-state index is 5.09. The summed E-state index contributed by atoms with van der Waals surface area (Å²) in [5.41, 5.74) is 0. The number of methoxy groups -OCH3 is 1. The van der Waals surface area contributed by atoms with Gasteiger partial charge in [-0.1, -0.05) is 13.8 Å². The molecular weight excluding hydrogens is 200 g/mol. The quantitative estimate of drug-likeness (QED) is 0.672. The van der Waals surface area contributed by atoms with E-state index in [1.165, 1.54) is 39.0 Å². The first kappa shape index (κ1) is 13.9. The van der Waals surface area contributed by atoms with Gasteiger partial charge in [0.25, 0.3) is 0 Å². The summed E-state index contributed by atoms with van der Waals surface area (Å²) in [4.78, 5) is 2.58. The van der Waals surface area contributed by atoms with Crippen LogP contribution in [0.4, 0.5) is 0 Å². The topological polar surface area (TPSA) is 24.5 Å². The minimum atomic E-state index is 0.735. The van der Waals surface area contributed by atoms with Crippen LogP contribution in [0.1, 0.15) is 33.1 Å². The summed E-state index contributed by atoms with van der Waals surface area (Å²) in [5.74, 6) is 0.780. The maximum absolute atomic E-state index is 5.09. The SMILES string of the molecule is CCCNC1CCN(CCCOC)CC1C. The Bertz CT molecular complexity index is 175. The predicted molar refractivity (Wildman–Crippen MR) is 68.8 cm³/mol. The van der Waals surface area contributed by atoms with Crippen molar-refractivity contribution in [2.24, 2.45) is 5.92 Å². The van der Waals surface area contributed by atoms with E-state index in [1.807, 2.05) is 0 Å². The van der Waals surface area contributed by atoms with Crippen molar-refractivity contribution in [2.75, 3.05) is 39.9 Å². The van der Waals surface area contributed by atoms with Gasteiger partial charge in [0.1, 0.15) is 0 Å². The Balaban J connectivity index is 2.17. The van der Waals surface area contributed by atoms with Crippen LogP contribution in [-0.4, -0.2) is 50.8 Å². The van der Waals surface area contributed by atoms with Crippen LogP contribution in [-0.2, 0) is 4.74 Å². The van der Waals surface area contributed by atoms with Crippen molar-refractivity contribution < 1.29 is 4.74 Å². The standard InChI is InChI=1S/C13H28N2O/c1-4-7-14-13-6-9-15(11-12(13)2)8-5-10-16-3/h12-14H,4-11H2,1-3H3. The minimum absolute atomic E-state index is 0.735. The van der Waals surface area contributed by atoms with Gasteiger partial charge in [-0.05, 0) is 38.3 Å². The Kier molecular flexibility index (Phi) is 7.01. The molecule has 0 spiro atoms. The maximum Gasteiger partial charge on any atom is 0.0474 e. The number of nitrogens with one attached hydrogen (secondary N) is 1. The number of piperidine rings is 1. The highest BCUT2D eigenvalue weighted by atomic mass is 16.5. The van der Waals surface area contributed by atoms with Crippen molar-refractivity contribution in [3.05, 3.63) is 0 Å². The highest BCUT2D eigenvalue weighted by Gasteiger charge is 2.24. The molecule has 1 rings (SSSR count). The number of hydrogen-bond donors (Lipinski definition) is 1. The Morgan fingerprint density at radius 2 is 2.25 bits per heavy atom. The highest BCUT2D eigenvalue weighted by molar-refractivity contribution is 4.82. The summed E-state index contributed by atoms with van der Waals surface area (Å²) in [5, 5.41) is 3.66. The van der Waals surface area contributed by atoms with Gasteiger partial charge in [0.15, 0.2) is 0 Å². The first-order valence-electron chi connectivity index (χ1n) is 6.72. The van der Waals surface area contributed by atoms with Gasteiger partial charge in [-0.25, -0.2) is 0 Å². The van der Waals surface area contributed by atoms with E-state index in [0.29, 0.717) is 0 Å². The Labute approximate surface area is 101 Å². The highest BCUT2D eigenvalue weighted by Crippen LogP contribution is 2.16. The molecule has 16 heavy (non-hydrogen) atoms. The fraction of sp³-hybridized carbons (Fsp3) is 1.00. The molecule has 0 radical (unpaired) electrons. The van der Waals surface area contributed by atoms with E-state index < -0.39 is 0 Å². The molecule has 3 heteroatoms. The normalized spacial score (nSPS) is 27.2. The van der Waals surface area contributed by atoms with Crippen molar-refractivity contribution in [2.45, 2.75) is 39.2 Å². The summed E-state index contributed by atoms with van der Waals surface area (Å²) in [6.07, 6.45) is 3.70. The molecule has 1 aliphatic heterocycles. The van der Waals surface area contributed by atoms with Gasteiger partial charge >= 0.3 is 0 Å². The average Bonchev–Trinajstić information content (AvgIpc) is 2.28. The summed E-state index contributed by atoms with van der Waals surface area (Å²) in [7, 11) is 1.78. The van der Waals surface area contributed by atoms with Gasteiger partial charge in [0, 0.05) is 32.8 Å². The second-order valence-corrected chi connectivity index (χ2v) is 4.97. The van der Waals surface area contributed by atoms with E-state index in [0.717, 1.165) is 25.0 Å². The van der Waals surface area contributed by atoms with Gasteiger partial charge < -0.3 is 15.0 Å². The molecule has 0 aromatic heterocycles. The van der Waals surface area contributed by atoms with Crippen LogP contribution in [0.2, 0.25) is 0 Å². The first-order valence-corrected chi connectivity index (χ1v) is 6.72. The van der Waals surface area contributed by atoms with Gasteiger partial charge in [0.05, 0.1) is 0 Å². The molecule has 0 amide bonds. The molecule has 96 valence electrons. The molecule has 0 aromatic carbocycles. The van der Waals surface area contributed by atoms with Crippen LogP contribution in [0.3, 0.4) is 0 Å². The molecule has 0 bridgehead atoms. The second-order valence-electron chi connectivity index (χ2n) is 4.97. The van der Waals surface area contributed by atoms with Crippen LogP contribution in [0, 0.1) is 5.92 Å².